The average Bonchev–Trinajstić information content (AvgIpc) is 3.59. The number of anilines is 1. The van der Waals surface area contributed by atoms with Crippen LogP contribution in [0.3, 0.4) is 0 Å². The van der Waals surface area contributed by atoms with Crippen LogP contribution in [0, 0.1) is 24.2 Å². The summed E-state index contributed by atoms with van der Waals surface area (Å²) in [5, 5.41) is 25.0. The van der Waals surface area contributed by atoms with Crippen LogP contribution < -0.4 is 5.32 Å². The lowest BCUT2D eigenvalue weighted by Crippen LogP contribution is -2.45. The molecule has 1 aliphatic heterocycles. The molecule has 2 N–H and O–H groups in total. The molecule has 7 nitrogen and oxygen atoms in total. The molecule has 1 saturated heterocycles. The van der Waals surface area contributed by atoms with Gasteiger partial charge in [-0.15, -0.1) is 11.3 Å². The Kier molecular flexibility index (Phi) is 7.69. The average molecular weight is 570 g/mol. The van der Waals surface area contributed by atoms with E-state index in [0.717, 1.165) is 5.56 Å². The molecule has 0 spiro atoms. The number of Topliss-reactive ketones (excluding diaryl/α,β-unsaturated/α-hetero) is 1. The first kappa shape index (κ1) is 27.1. The summed E-state index contributed by atoms with van der Waals surface area (Å²) in [5.74, 6) is -3.34. The maximum absolute atomic E-state index is 14.3. The molecule has 3 aromatic carbocycles. The molecule has 4 atom stereocenters. The third-order valence-electron chi connectivity index (χ3n) is 7.09. The first-order valence-corrected chi connectivity index (χ1v) is 13.8. The molecule has 40 heavy (non-hydrogen) atoms. The van der Waals surface area contributed by atoms with Gasteiger partial charge in [0, 0.05) is 27.1 Å². The Labute approximate surface area is 240 Å². The van der Waals surface area contributed by atoms with E-state index in [1.54, 1.807) is 78.9 Å². The topological polar surface area (TPSA) is 110 Å². The number of hydrogen-bond acceptors (Lipinski definition) is 5. The number of aryl methyl sites for hydroxylation is 1. The molecule has 9 heteroatoms. The van der Waals surface area contributed by atoms with Crippen LogP contribution in [0.4, 0.5) is 10.5 Å². The summed E-state index contributed by atoms with van der Waals surface area (Å²) in [6.07, 6.45) is 0. The van der Waals surface area contributed by atoms with Gasteiger partial charge in [-0.1, -0.05) is 54.1 Å². The van der Waals surface area contributed by atoms with Crippen molar-refractivity contribution in [2.24, 2.45) is 5.92 Å². The minimum Gasteiger partial charge on any atom is -0.480 e. The Balaban J connectivity index is 1.71. The summed E-state index contributed by atoms with van der Waals surface area (Å²) in [7, 11) is 0. The van der Waals surface area contributed by atoms with Crippen molar-refractivity contribution in [3.05, 3.63) is 122 Å². The van der Waals surface area contributed by atoms with Crippen molar-refractivity contribution in [2.45, 2.75) is 24.9 Å². The Bertz CT molecular complexity index is 1610. The van der Waals surface area contributed by atoms with Crippen LogP contribution in [0.1, 0.15) is 43.9 Å². The lowest BCUT2D eigenvalue weighted by molar-refractivity contribution is -0.142. The van der Waals surface area contributed by atoms with Crippen LogP contribution in [0.5, 0.6) is 0 Å². The SMILES string of the molecule is Cc1cccc(NC(=O)N2C(C(=O)O)C(c3cccs3)C(C(=O)c3cccc(Cl)c3)C2c2ccc(C#N)cc2)c1. The van der Waals surface area contributed by atoms with Crippen LogP contribution in [0.25, 0.3) is 0 Å². The highest BCUT2D eigenvalue weighted by Crippen LogP contribution is 2.52. The Hall–Kier alpha value is -4.45. The normalized spacial score (nSPS) is 20.1. The van der Waals surface area contributed by atoms with Gasteiger partial charge in [-0.25, -0.2) is 9.59 Å². The van der Waals surface area contributed by atoms with Crippen molar-refractivity contribution in [3.8, 4) is 6.07 Å². The summed E-state index contributed by atoms with van der Waals surface area (Å²) in [6, 6.07) is 23.0. The number of amides is 2. The molecule has 2 amide bonds. The lowest BCUT2D eigenvalue weighted by atomic mass is 9.78. The zero-order valence-electron chi connectivity index (χ0n) is 21.3. The molecule has 4 aromatic rings. The smallest absolute Gasteiger partial charge is 0.327 e. The largest absolute Gasteiger partial charge is 0.480 e. The highest BCUT2D eigenvalue weighted by Gasteiger charge is 2.58. The molecule has 200 valence electrons. The summed E-state index contributed by atoms with van der Waals surface area (Å²) < 4.78 is 0. The van der Waals surface area contributed by atoms with Gasteiger partial charge in [0.2, 0.25) is 0 Å². The number of carboxylic acid groups (broad SMARTS) is 1. The summed E-state index contributed by atoms with van der Waals surface area (Å²) in [4.78, 5) is 43.2. The molecule has 0 saturated carbocycles. The Morgan fingerprint density at radius 2 is 1.75 bits per heavy atom. The number of carbonyl (C=O) groups excluding carboxylic acids is 2. The predicted octanol–water partition coefficient (Wildman–Crippen LogP) is 6.91. The third kappa shape index (κ3) is 5.22. The van der Waals surface area contributed by atoms with Crippen molar-refractivity contribution in [2.75, 3.05) is 5.32 Å². The molecule has 0 aliphatic carbocycles. The minimum absolute atomic E-state index is 0.322. The molecular weight excluding hydrogens is 546 g/mol. The van der Waals surface area contributed by atoms with E-state index in [2.05, 4.69) is 11.4 Å². The van der Waals surface area contributed by atoms with Gasteiger partial charge in [0.15, 0.2) is 5.78 Å². The monoisotopic (exact) mass is 569 g/mol. The number of benzene rings is 3. The van der Waals surface area contributed by atoms with Crippen LogP contribution in [-0.2, 0) is 4.79 Å². The summed E-state index contributed by atoms with van der Waals surface area (Å²) in [6.45, 7) is 1.89. The van der Waals surface area contributed by atoms with Crippen molar-refractivity contribution < 1.29 is 19.5 Å². The number of thiophene rings is 1. The number of nitriles is 1. The quantitative estimate of drug-likeness (QED) is 0.245. The van der Waals surface area contributed by atoms with E-state index in [1.807, 2.05) is 18.4 Å². The maximum Gasteiger partial charge on any atom is 0.327 e. The molecule has 5 rings (SSSR count). The number of likely N-dealkylation sites (tertiary alicyclic amines) is 1. The fourth-order valence-electron chi connectivity index (χ4n) is 5.42. The van der Waals surface area contributed by atoms with Gasteiger partial charge in [-0.3, -0.25) is 4.79 Å². The molecule has 2 heterocycles. The number of rotatable bonds is 6. The number of halogens is 1. The van der Waals surface area contributed by atoms with Crippen molar-refractivity contribution in [3.63, 3.8) is 0 Å². The van der Waals surface area contributed by atoms with Gasteiger partial charge in [-0.05, 0) is 65.9 Å². The van der Waals surface area contributed by atoms with E-state index in [-0.39, 0.29) is 5.78 Å². The van der Waals surface area contributed by atoms with Gasteiger partial charge in [-0.2, -0.15) is 5.26 Å². The predicted molar refractivity (Wildman–Crippen MR) is 154 cm³/mol. The highest BCUT2D eigenvalue weighted by atomic mass is 35.5. The van der Waals surface area contributed by atoms with Gasteiger partial charge in [0.1, 0.15) is 6.04 Å². The lowest BCUT2D eigenvalue weighted by Gasteiger charge is -2.30. The van der Waals surface area contributed by atoms with Crippen LogP contribution >= 0.6 is 22.9 Å². The van der Waals surface area contributed by atoms with E-state index in [0.29, 0.717) is 32.3 Å². The second-order valence-electron chi connectivity index (χ2n) is 9.61. The molecule has 0 radical (unpaired) electrons. The van der Waals surface area contributed by atoms with Crippen LogP contribution in [0.2, 0.25) is 5.02 Å². The van der Waals surface area contributed by atoms with E-state index in [4.69, 9.17) is 11.6 Å². The van der Waals surface area contributed by atoms with Crippen LogP contribution in [0.15, 0.2) is 90.3 Å². The van der Waals surface area contributed by atoms with Gasteiger partial charge in [0.05, 0.1) is 23.6 Å². The first-order chi connectivity index (χ1) is 19.3. The third-order valence-corrected chi connectivity index (χ3v) is 8.30. The van der Waals surface area contributed by atoms with Gasteiger partial charge >= 0.3 is 12.0 Å². The zero-order valence-corrected chi connectivity index (χ0v) is 22.9. The summed E-state index contributed by atoms with van der Waals surface area (Å²) >= 11 is 7.57. The number of carboxylic acids is 1. The molecule has 1 fully saturated rings. The molecular formula is C31H24ClN3O4S. The number of hydrogen-bond donors (Lipinski definition) is 2. The number of ketones is 1. The molecule has 1 aliphatic rings. The van der Waals surface area contributed by atoms with E-state index >= 15 is 0 Å². The second-order valence-corrected chi connectivity index (χ2v) is 11.0. The number of aliphatic carboxylic acids is 1. The van der Waals surface area contributed by atoms with Crippen molar-refractivity contribution in [1.82, 2.24) is 4.90 Å². The zero-order chi connectivity index (χ0) is 28.4. The second kappa shape index (κ2) is 11.3. The van der Waals surface area contributed by atoms with Crippen molar-refractivity contribution >= 4 is 46.4 Å². The standard InChI is InChI=1S/C31H24ClN3O4S/c1-18-5-2-8-23(15-18)34-31(39)35-27(20-12-10-19(17-33)11-13-20)26(29(36)21-6-3-7-22(32)16-21)25(28(35)30(37)38)24-9-4-14-40-24/h2-16,25-28H,1H3,(H,34,39)(H,37,38). The fourth-order valence-corrected chi connectivity index (χ4v) is 6.52. The fraction of sp³-hybridized carbons (Fsp3) is 0.161. The summed E-state index contributed by atoms with van der Waals surface area (Å²) in [5.41, 5.74) is 2.69. The minimum atomic E-state index is -1.35. The Morgan fingerprint density at radius 1 is 1.00 bits per heavy atom. The molecule has 0 bridgehead atoms. The molecule has 1 aromatic heterocycles. The van der Waals surface area contributed by atoms with E-state index in [1.165, 1.54) is 16.2 Å². The van der Waals surface area contributed by atoms with Gasteiger partial charge in [0.25, 0.3) is 0 Å². The van der Waals surface area contributed by atoms with E-state index in [9.17, 15) is 24.8 Å². The Morgan fingerprint density at radius 3 is 2.38 bits per heavy atom. The maximum atomic E-state index is 14.3. The van der Waals surface area contributed by atoms with Gasteiger partial charge < -0.3 is 15.3 Å². The van der Waals surface area contributed by atoms with Crippen LogP contribution in [-0.4, -0.2) is 33.8 Å². The molecule has 4 unspecified atom stereocenters. The first-order valence-electron chi connectivity index (χ1n) is 12.5. The number of nitrogens with one attached hydrogen (secondary N) is 1. The number of urea groups is 1. The highest BCUT2D eigenvalue weighted by molar-refractivity contribution is 7.10. The van der Waals surface area contributed by atoms with Crippen molar-refractivity contribution in [1.29, 1.82) is 5.26 Å². The number of carbonyl (C=O) groups is 3. The van der Waals surface area contributed by atoms with E-state index < -0.39 is 35.9 Å². The number of nitrogens with zero attached hydrogens (tertiary/aromatic N) is 2.